The quantitative estimate of drug-likeness (QED) is 0.874. The van der Waals surface area contributed by atoms with Gasteiger partial charge in [-0.25, -0.2) is 0 Å². The minimum Gasteiger partial charge on any atom is -0.496 e. The van der Waals surface area contributed by atoms with Crippen molar-refractivity contribution in [2.75, 3.05) is 21.2 Å². The van der Waals surface area contributed by atoms with Crippen LogP contribution in [0.2, 0.25) is 0 Å². The van der Waals surface area contributed by atoms with Gasteiger partial charge in [0.2, 0.25) is 5.91 Å². The average Bonchev–Trinajstić information content (AvgIpc) is 2.38. The topological polar surface area (TPSA) is 50.4 Å². The Balaban J connectivity index is 3.28. The van der Waals surface area contributed by atoms with E-state index in [4.69, 9.17) is 4.74 Å². The second kappa shape index (κ2) is 6.06. The predicted molar refractivity (Wildman–Crippen MR) is 77.6 cm³/mol. The molecule has 0 saturated carbocycles. The maximum absolute atomic E-state index is 11.9. The molecule has 0 aliphatic heterocycles. The third-order valence-electron chi connectivity index (χ3n) is 3.16. The van der Waals surface area contributed by atoms with E-state index in [1.807, 2.05) is 18.2 Å². The van der Waals surface area contributed by atoms with Crippen LogP contribution in [0.1, 0.15) is 37.9 Å². The zero-order chi connectivity index (χ0) is 14.6. The van der Waals surface area contributed by atoms with Crippen LogP contribution in [0.3, 0.4) is 0 Å². The molecule has 0 fully saturated rings. The minimum atomic E-state index is -0.350. The Bertz CT molecular complexity index is 450. The van der Waals surface area contributed by atoms with Crippen molar-refractivity contribution in [3.63, 3.8) is 0 Å². The molecule has 1 atom stereocenters. The Morgan fingerprint density at radius 2 is 1.89 bits per heavy atom. The van der Waals surface area contributed by atoms with Crippen molar-refractivity contribution < 1.29 is 9.53 Å². The number of carbonyl (C=O) groups is 1. The summed E-state index contributed by atoms with van der Waals surface area (Å²) in [6.45, 7) is 6.38. The van der Waals surface area contributed by atoms with Gasteiger partial charge in [0.05, 0.1) is 7.11 Å². The van der Waals surface area contributed by atoms with Gasteiger partial charge in [-0.2, -0.15) is 0 Å². The Morgan fingerprint density at radius 1 is 1.26 bits per heavy atom. The summed E-state index contributed by atoms with van der Waals surface area (Å²) in [6.07, 6.45) is 0. The number of nitrogens with one attached hydrogen (secondary N) is 2. The molecular weight excluding hydrogens is 240 g/mol. The molecule has 106 valence electrons. The Morgan fingerprint density at radius 3 is 2.32 bits per heavy atom. The van der Waals surface area contributed by atoms with Crippen LogP contribution in [0.15, 0.2) is 18.2 Å². The summed E-state index contributed by atoms with van der Waals surface area (Å²) in [5.41, 5.74) is 1.99. The van der Waals surface area contributed by atoms with Crippen molar-refractivity contribution in [3.8, 4) is 5.75 Å². The first-order chi connectivity index (χ1) is 8.85. The first-order valence-corrected chi connectivity index (χ1v) is 6.42. The highest BCUT2D eigenvalue weighted by atomic mass is 16.5. The molecule has 0 saturated heterocycles. The fourth-order valence-electron chi connectivity index (χ4n) is 2.08. The van der Waals surface area contributed by atoms with Gasteiger partial charge in [-0.3, -0.25) is 4.79 Å². The normalized spacial score (nSPS) is 12.9. The zero-order valence-corrected chi connectivity index (χ0v) is 12.6. The number of benzene rings is 1. The van der Waals surface area contributed by atoms with Crippen molar-refractivity contribution >= 4 is 5.91 Å². The maximum atomic E-state index is 11.9. The van der Waals surface area contributed by atoms with E-state index in [1.165, 1.54) is 0 Å². The van der Waals surface area contributed by atoms with Crippen LogP contribution in [-0.2, 0) is 10.2 Å². The lowest BCUT2D eigenvalue weighted by molar-refractivity contribution is -0.122. The van der Waals surface area contributed by atoms with E-state index < -0.39 is 0 Å². The molecule has 0 radical (unpaired) electrons. The van der Waals surface area contributed by atoms with Crippen LogP contribution in [0.4, 0.5) is 0 Å². The number of ether oxygens (including phenoxy) is 1. The van der Waals surface area contributed by atoms with E-state index in [2.05, 4.69) is 31.4 Å². The molecule has 0 aliphatic carbocycles. The summed E-state index contributed by atoms with van der Waals surface area (Å²) in [5, 5.41) is 5.70. The van der Waals surface area contributed by atoms with E-state index >= 15 is 0 Å². The number of likely N-dealkylation sites (N-methyl/N-ethyl adjacent to an activating group) is 2. The predicted octanol–water partition coefficient (Wildman–Crippen LogP) is 2.00. The smallest absolute Gasteiger partial charge is 0.241 e. The summed E-state index contributed by atoms with van der Waals surface area (Å²) in [4.78, 5) is 11.9. The third kappa shape index (κ3) is 3.47. The lowest BCUT2D eigenvalue weighted by atomic mass is 9.84. The molecule has 19 heavy (non-hydrogen) atoms. The molecule has 1 aromatic rings. The van der Waals surface area contributed by atoms with E-state index in [0.29, 0.717) is 0 Å². The van der Waals surface area contributed by atoms with E-state index in [-0.39, 0.29) is 17.4 Å². The van der Waals surface area contributed by atoms with Crippen molar-refractivity contribution in [3.05, 3.63) is 29.3 Å². The lowest BCUT2D eigenvalue weighted by Crippen LogP contribution is -2.34. The molecule has 1 aromatic carbocycles. The molecule has 0 bridgehead atoms. The summed E-state index contributed by atoms with van der Waals surface area (Å²) < 4.78 is 5.41. The number of carbonyl (C=O) groups excluding carboxylic acids is 1. The zero-order valence-electron chi connectivity index (χ0n) is 12.6. The van der Waals surface area contributed by atoms with Gasteiger partial charge < -0.3 is 15.4 Å². The van der Waals surface area contributed by atoms with Crippen LogP contribution < -0.4 is 15.4 Å². The molecule has 0 aromatic heterocycles. The SMILES string of the molecule is CNC(=O)C(NC)c1ccc(OC)c(C(C)(C)C)c1. The minimum absolute atomic E-state index is 0.0393. The molecule has 0 spiro atoms. The van der Waals surface area contributed by atoms with Crippen molar-refractivity contribution in [2.45, 2.75) is 32.2 Å². The molecule has 0 aliphatic rings. The molecule has 4 heteroatoms. The van der Waals surface area contributed by atoms with Gasteiger partial charge in [0, 0.05) is 7.05 Å². The van der Waals surface area contributed by atoms with Gasteiger partial charge in [0.25, 0.3) is 0 Å². The number of amides is 1. The van der Waals surface area contributed by atoms with Crippen LogP contribution in [-0.4, -0.2) is 27.1 Å². The summed E-state index contributed by atoms with van der Waals surface area (Å²) >= 11 is 0. The van der Waals surface area contributed by atoms with Crippen molar-refractivity contribution in [1.29, 1.82) is 0 Å². The number of hydrogen-bond acceptors (Lipinski definition) is 3. The number of hydrogen-bond donors (Lipinski definition) is 2. The van der Waals surface area contributed by atoms with Crippen LogP contribution in [0.25, 0.3) is 0 Å². The van der Waals surface area contributed by atoms with Crippen LogP contribution in [0, 0.1) is 0 Å². The second-order valence-electron chi connectivity index (χ2n) is 5.55. The van der Waals surface area contributed by atoms with Crippen LogP contribution in [0.5, 0.6) is 5.75 Å². The van der Waals surface area contributed by atoms with Crippen molar-refractivity contribution in [1.82, 2.24) is 10.6 Å². The molecule has 1 unspecified atom stereocenters. The van der Waals surface area contributed by atoms with E-state index in [0.717, 1.165) is 16.9 Å². The Hall–Kier alpha value is -1.55. The molecule has 2 N–H and O–H groups in total. The van der Waals surface area contributed by atoms with E-state index in [9.17, 15) is 4.79 Å². The summed E-state index contributed by atoms with van der Waals surface area (Å²) in [7, 11) is 5.08. The molecule has 1 amide bonds. The van der Waals surface area contributed by atoms with Gasteiger partial charge in [0.15, 0.2) is 0 Å². The fourth-order valence-corrected chi connectivity index (χ4v) is 2.08. The highest BCUT2D eigenvalue weighted by Crippen LogP contribution is 2.33. The Kier molecular flexibility index (Phi) is 4.95. The first-order valence-electron chi connectivity index (χ1n) is 6.42. The molecule has 0 heterocycles. The van der Waals surface area contributed by atoms with E-state index in [1.54, 1.807) is 21.2 Å². The van der Waals surface area contributed by atoms with Crippen LogP contribution >= 0.6 is 0 Å². The molecule has 4 nitrogen and oxygen atoms in total. The lowest BCUT2D eigenvalue weighted by Gasteiger charge is -2.24. The van der Waals surface area contributed by atoms with Crippen molar-refractivity contribution in [2.24, 2.45) is 0 Å². The first kappa shape index (κ1) is 15.5. The molecule has 1 rings (SSSR count). The Labute approximate surface area is 115 Å². The number of rotatable bonds is 4. The number of methoxy groups -OCH3 is 1. The average molecular weight is 264 g/mol. The van der Waals surface area contributed by atoms with Gasteiger partial charge in [-0.1, -0.05) is 26.8 Å². The third-order valence-corrected chi connectivity index (χ3v) is 3.16. The largest absolute Gasteiger partial charge is 0.496 e. The summed E-state index contributed by atoms with van der Waals surface area (Å²) in [6, 6.07) is 5.53. The highest BCUT2D eigenvalue weighted by molar-refractivity contribution is 5.83. The highest BCUT2D eigenvalue weighted by Gasteiger charge is 2.23. The van der Waals surface area contributed by atoms with Gasteiger partial charge in [-0.05, 0) is 35.7 Å². The van der Waals surface area contributed by atoms with Gasteiger partial charge in [0.1, 0.15) is 11.8 Å². The van der Waals surface area contributed by atoms with Gasteiger partial charge >= 0.3 is 0 Å². The monoisotopic (exact) mass is 264 g/mol. The fraction of sp³-hybridized carbons (Fsp3) is 0.533. The molecular formula is C15H24N2O2. The summed E-state index contributed by atoms with van der Waals surface area (Å²) in [5.74, 6) is 0.801. The standard InChI is InChI=1S/C15H24N2O2/c1-15(2,3)11-9-10(7-8-12(11)19-6)13(16-4)14(18)17-5/h7-9,13,16H,1-6H3,(H,17,18). The van der Waals surface area contributed by atoms with Gasteiger partial charge in [-0.15, -0.1) is 0 Å². The second-order valence-corrected chi connectivity index (χ2v) is 5.55. The maximum Gasteiger partial charge on any atom is 0.241 e.